The van der Waals surface area contributed by atoms with Crippen LogP contribution in [0.3, 0.4) is 0 Å². The fraction of sp³-hybridized carbons (Fsp3) is 0.278. The van der Waals surface area contributed by atoms with Crippen LogP contribution in [0.5, 0.6) is 5.75 Å². The van der Waals surface area contributed by atoms with Crippen molar-refractivity contribution in [1.29, 1.82) is 0 Å². The van der Waals surface area contributed by atoms with E-state index < -0.39 is 10.0 Å². The molecule has 0 saturated heterocycles. The second-order valence-electron chi connectivity index (χ2n) is 5.93. The van der Waals surface area contributed by atoms with Gasteiger partial charge in [-0.1, -0.05) is 26.0 Å². The summed E-state index contributed by atoms with van der Waals surface area (Å²) in [5.74, 6) is 0.430. The number of ether oxygens (including phenoxy) is 1. The standard InChI is InChI=1S/C18H22N2O4S/c1-12(2)14-5-8-16(9-6-14)25(22,23)20-17-11-15(19-13(3)21)7-10-18(17)24-4/h5-12,20H,1-4H3,(H,19,21). The highest BCUT2D eigenvalue weighted by atomic mass is 32.2. The van der Waals surface area contributed by atoms with Crippen molar-refractivity contribution < 1.29 is 17.9 Å². The van der Waals surface area contributed by atoms with E-state index in [1.165, 1.54) is 20.1 Å². The van der Waals surface area contributed by atoms with Gasteiger partial charge in [-0.05, 0) is 41.8 Å². The van der Waals surface area contributed by atoms with Crippen LogP contribution >= 0.6 is 0 Å². The number of hydrogen-bond donors (Lipinski definition) is 2. The summed E-state index contributed by atoms with van der Waals surface area (Å²) in [5.41, 5.74) is 1.78. The van der Waals surface area contributed by atoms with Crippen molar-refractivity contribution in [2.24, 2.45) is 0 Å². The molecule has 2 aromatic rings. The molecule has 6 nitrogen and oxygen atoms in total. The zero-order valence-electron chi connectivity index (χ0n) is 14.7. The van der Waals surface area contributed by atoms with Crippen molar-refractivity contribution in [3.63, 3.8) is 0 Å². The molecule has 1 amide bonds. The summed E-state index contributed by atoms with van der Waals surface area (Å²) in [4.78, 5) is 11.3. The van der Waals surface area contributed by atoms with Crippen molar-refractivity contribution in [1.82, 2.24) is 0 Å². The molecule has 0 spiro atoms. The minimum absolute atomic E-state index is 0.156. The van der Waals surface area contributed by atoms with Gasteiger partial charge in [-0.2, -0.15) is 0 Å². The lowest BCUT2D eigenvalue weighted by molar-refractivity contribution is -0.114. The molecule has 0 radical (unpaired) electrons. The molecule has 0 unspecified atom stereocenters. The Morgan fingerprint density at radius 3 is 2.24 bits per heavy atom. The van der Waals surface area contributed by atoms with Crippen LogP contribution in [0, 0.1) is 0 Å². The van der Waals surface area contributed by atoms with E-state index in [0.717, 1.165) is 5.56 Å². The van der Waals surface area contributed by atoms with Gasteiger partial charge in [0, 0.05) is 12.6 Å². The highest BCUT2D eigenvalue weighted by Crippen LogP contribution is 2.30. The molecule has 0 heterocycles. The molecule has 7 heteroatoms. The van der Waals surface area contributed by atoms with E-state index >= 15 is 0 Å². The first-order valence-corrected chi connectivity index (χ1v) is 9.29. The second kappa shape index (κ2) is 7.57. The first kappa shape index (κ1) is 18.8. The number of carbonyl (C=O) groups excluding carboxylic acids is 1. The monoisotopic (exact) mass is 362 g/mol. The molecule has 2 rings (SSSR count). The highest BCUT2D eigenvalue weighted by Gasteiger charge is 2.17. The lowest BCUT2D eigenvalue weighted by Crippen LogP contribution is -2.14. The normalized spacial score (nSPS) is 11.2. The molecule has 0 atom stereocenters. The summed E-state index contributed by atoms with van der Waals surface area (Å²) < 4.78 is 33.0. The molecule has 0 fully saturated rings. The third-order valence-electron chi connectivity index (χ3n) is 3.62. The lowest BCUT2D eigenvalue weighted by Gasteiger charge is -2.14. The zero-order valence-corrected chi connectivity index (χ0v) is 15.5. The van der Waals surface area contributed by atoms with Gasteiger partial charge in [0.1, 0.15) is 5.75 Å². The van der Waals surface area contributed by atoms with Gasteiger partial charge in [0.25, 0.3) is 10.0 Å². The van der Waals surface area contributed by atoms with E-state index in [-0.39, 0.29) is 16.5 Å². The molecule has 0 aliphatic rings. The minimum atomic E-state index is -3.78. The lowest BCUT2D eigenvalue weighted by atomic mass is 10.0. The Labute approximate surface area is 148 Å². The van der Waals surface area contributed by atoms with Crippen molar-refractivity contribution in [2.45, 2.75) is 31.6 Å². The van der Waals surface area contributed by atoms with Crippen LogP contribution < -0.4 is 14.8 Å². The van der Waals surface area contributed by atoms with Crippen molar-refractivity contribution in [3.8, 4) is 5.75 Å². The summed E-state index contributed by atoms with van der Waals surface area (Å²) in [6.07, 6.45) is 0. The number of hydrogen-bond acceptors (Lipinski definition) is 4. The topological polar surface area (TPSA) is 84.5 Å². The predicted octanol–water partition coefficient (Wildman–Crippen LogP) is 3.58. The summed E-state index contributed by atoms with van der Waals surface area (Å²) in [6, 6.07) is 11.5. The Hall–Kier alpha value is -2.54. The van der Waals surface area contributed by atoms with Crippen LogP contribution in [0.25, 0.3) is 0 Å². The average Bonchev–Trinajstić information content (AvgIpc) is 2.54. The Kier molecular flexibility index (Phi) is 5.69. The molecule has 0 bridgehead atoms. The predicted molar refractivity (Wildman–Crippen MR) is 98.6 cm³/mol. The molecule has 0 aliphatic heterocycles. The van der Waals surface area contributed by atoms with E-state index in [1.807, 2.05) is 13.8 Å². The fourth-order valence-electron chi connectivity index (χ4n) is 2.30. The first-order valence-electron chi connectivity index (χ1n) is 7.81. The molecule has 0 aliphatic carbocycles. The van der Waals surface area contributed by atoms with Gasteiger partial charge in [-0.3, -0.25) is 9.52 Å². The Morgan fingerprint density at radius 2 is 1.72 bits per heavy atom. The van der Waals surface area contributed by atoms with E-state index in [1.54, 1.807) is 36.4 Å². The molecule has 134 valence electrons. The van der Waals surface area contributed by atoms with Gasteiger partial charge in [0.15, 0.2) is 0 Å². The number of benzene rings is 2. The summed E-state index contributed by atoms with van der Waals surface area (Å²) in [7, 11) is -2.33. The summed E-state index contributed by atoms with van der Waals surface area (Å²) in [5, 5.41) is 2.61. The van der Waals surface area contributed by atoms with Crippen molar-refractivity contribution in [2.75, 3.05) is 17.1 Å². The number of carbonyl (C=O) groups is 1. The number of nitrogens with one attached hydrogen (secondary N) is 2. The average molecular weight is 362 g/mol. The van der Waals surface area contributed by atoms with Crippen LogP contribution in [0.4, 0.5) is 11.4 Å². The maximum atomic E-state index is 12.6. The number of rotatable bonds is 6. The Morgan fingerprint density at radius 1 is 1.08 bits per heavy atom. The molecule has 0 saturated carbocycles. The SMILES string of the molecule is COc1ccc(NC(C)=O)cc1NS(=O)(=O)c1ccc(C(C)C)cc1. The highest BCUT2D eigenvalue weighted by molar-refractivity contribution is 7.92. The van der Waals surface area contributed by atoms with Gasteiger partial charge in [-0.25, -0.2) is 8.42 Å². The second-order valence-corrected chi connectivity index (χ2v) is 7.61. The quantitative estimate of drug-likeness (QED) is 0.823. The Balaban J connectivity index is 2.34. The summed E-state index contributed by atoms with van der Waals surface area (Å²) >= 11 is 0. The van der Waals surface area contributed by atoms with E-state index in [9.17, 15) is 13.2 Å². The largest absolute Gasteiger partial charge is 0.495 e. The van der Waals surface area contributed by atoms with Gasteiger partial charge in [0.05, 0.1) is 17.7 Å². The molecular weight excluding hydrogens is 340 g/mol. The van der Waals surface area contributed by atoms with E-state index in [0.29, 0.717) is 17.4 Å². The van der Waals surface area contributed by atoms with Gasteiger partial charge < -0.3 is 10.1 Å². The van der Waals surface area contributed by atoms with Crippen molar-refractivity contribution >= 4 is 27.3 Å². The van der Waals surface area contributed by atoms with Crippen LogP contribution in [0.15, 0.2) is 47.4 Å². The van der Waals surface area contributed by atoms with Gasteiger partial charge in [0.2, 0.25) is 5.91 Å². The maximum absolute atomic E-state index is 12.6. The van der Waals surface area contributed by atoms with Crippen LogP contribution in [-0.2, 0) is 14.8 Å². The van der Waals surface area contributed by atoms with E-state index in [4.69, 9.17) is 4.74 Å². The third-order valence-corrected chi connectivity index (χ3v) is 5.00. The maximum Gasteiger partial charge on any atom is 0.262 e. The minimum Gasteiger partial charge on any atom is -0.495 e. The van der Waals surface area contributed by atoms with Crippen molar-refractivity contribution in [3.05, 3.63) is 48.0 Å². The molecular formula is C18H22N2O4S. The third kappa shape index (κ3) is 4.73. The van der Waals surface area contributed by atoms with Crippen LogP contribution in [0.2, 0.25) is 0 Å². The molecule has 0 aromatic heterocycles. The molecule has 25 heavy (non-hydrogen) atoms. The van der Waals surface area contributed by atoms with E-state index in [2.05, 4.69) is 10.0 Å². The number of amides is 1. The summed E-state index contributed by atoms with van der Waals surface area (Å²) in [6.45, 7) is 5.46. The van der Waals surface area contributed by atoms with Crippen LogP contribution in [-0.4, -0.2) is 21.4 Å². The van der Waals surface area contributed by atoms with Crippen LogP contribution in [0.1, 0.15) is 32.3 Å². The number of sulfonamides is 1. The fourth-order valence-corrected chi connectivity index (χ4v) is 3.37. The molecule has 2 N–H and O–H groups in total. The van der Waals surface area contributed by atoms with Gasteiger partial charge >= 0.3 is 0 Å². The molecule has 2 aromatic carbocycles. The first-order chi connectivity index (χ1) is 11.7. The van der Waals surface area contributed by atoms with Gasteiger partial charge in [-0.15, -0.1) is 0 Å². The smallest absolute Gasteiger partial charge is 0.262 e. The number of anilines is 2. The Bertz CT molecular complexity index is 859. The number of methoxy groups -OCH3 is 1. The zero-order chi connectivity index (χ0) is 18.6.